The zero-order valence-corrected chi connectivity index (χ0v) is 17.2. The molecule has 8 heteroatoms. The van der Waals surface area contributed by atoms with E-state index in [1.807, 2.05) is 61.0 Å². The van der Waals surface area contributed by atoms with Crippen molar-refractivity contribution in [2.45, 2.75) is 13.8 Å². The molecule has 0 spiro atoms. The molecule has 0 atom stereocenters. The predicted molar refractivity (Wildman–Crippen MR) is 117 cm³/mol. The number of aromatic nitrogens is 4. The van der Waals surface area contributed by atoms with Crippen LogP contribution in [0.1, 0.15) is 27.4 Å². The number of halogens is 1. The van der Waals surface area contributed by atoms with E-state index < -0.39 is 0 Å². The minimum Gasteiger partial charge on any atom is -0.272 e. The Hall–Kier alpha value is -3.71. The van der Waals surface area contributed by atoms with Gasteiger partial charge in [-0.15, -0.1) is 0 Å². The van der Waals surface area contributed by atoms with E-state index in [-0.39, 0.29) is 5.91 Å². The van der Waals surface area contributed by atoms with E-state index in [0.29, 0.717) is 16.4 Å². The molecule has 4 aromatic rings. The van der Waals surface area contributed by atoms with Gasteiger partial charge in [-0.25, -0.2) is 10.1 Å². The largest absolute Gasteiger partial charge is 0.289 e. The quantitative estimate of drug-likeness (QED) is 0.374. The smallest absolute Gasteiger partial charge is 0.272 e. The number of hydrogen-bond acceptors (Lipinski definition) is 4. The standard InChI is InChI=1S/C22H19ClN6O/c1-14-21(15(2)29(28-14)18-6-4-3-5-7-18)19-12-20(26-25-19)22(30)27-24-13-16-8-10-17(23)11-9-16/h3-13H,1-2H3,(H,25,26)(H,27,30)/b24-13+. The van der Waals surface area contributed by atoms with Crippen LogP contribution < -0.4 is 5.43 Å². The number of hydrogen-bond donors (Lipinski definition) is 2. The third-order valence-electron chi connectivity index (χ3n) is 4.62. The van der Waals surface area contributed by atoms with Crippen molar-refractivity contribution in [3.8, 4) is 16.9 Å². The van der Waals surface area contributed by atoms with Crippen molar-refractivity contribution in [3.63, 3.8) is 0 Å². The van der Waals surface area contributed by atoms with Gasteiger partial charge in [-0.2, -0.15) is 15.3 Å². The lowest BCUT2D eigenvalue weighted by Crippen LogP contribution is -2.17. The van der Waals surface area contributed by atoms with Crippen LogP contribution in [0, 0.1) is 13.8 Å². The average molecular weight is 419 g/mol. The van der Waals surface area contributed by atoms with Crippen molar-refractivity contribution in [2.24, 2.45) is 5.10 Å². The number of nitrogens with zero attached hydrogens (tertiary/aromatic N) is 4. The summed E-state index contributed by atoms with van der Waals surface area (Å²) in [4.78, 5) is 12.4. The van der Waals surface area contributed by atoms with E-state index >= 15 is 0 Å². The Morgan fingerprint density at radius 3 is 2.60 bits per heavy atom. The first-order valence-corrected chi connectivity index (χ1v) is 9.67. The van der Waals surface area contributed by atoms with E-state index in [0.717, 1.165) is 28.2 Å². The summed E-state index contributed by atoms with van der Waals surface area (Å²) in [5.74, 6) is -0.385. The Bertz CT molecular complexity index is 1210. The normalized spacial score (nSPS) is 11.2. The zero-order valence-electron chi connectivity index (χ0n) is 16.4. The molecule has 150 valence electrons. The summed E-state index contributed by atoms with van der Waals surface area (Å²) in [7, 11) is 0. The molecule has 30 heavy (non-hydrogen) atoms. The molecule has 0 saturated heterocycles. The first kappa shape index (κ1) is 19.6. The molecule has 0 bridgehead atoms. The maximum atomic E-state index is 12.4. The minimum absolute atomic E-state index is 0.310. The number of carbonyl (C=O) groups is 1. The molecule has 7 nitrogen and oxygen atoms in total. The molecule has 0 aliphatic heterocycles. The second-order valence-electron chi connectivity index (χ2n) is 6.71. The molecule has 0 aliphatic rings. The summed E-state index contributed by atoms with van der Waals surface area (Å²) in [5.41, 5.74) is 7.90. The number of hydrazone groups is 1. The molecule has 0 radical (unpaired) electrons. The van der Waals surface area contributed by atoms with Crippen molar-refractivity contribution in [3.05, 3.63) is 88.3 Å². The number of para-hydroxylation sites is 1. The summed E-state index contributed by atoms with van der Waals surface area (Å²) in [6, 6.07) is 18.7. The monoisotopic (exact) mass is 418 g/mol. The Kier molecular flexibility index (Phi) is 5.45. The fraction of sp³-hybridized carbons (Fsp3) is 0.0909. The Morgan fingerprint density at radius 2 is 1.87 bits per heavy atom. The highest BCUT2D eigenvalue weighted by Crippen LogP contribution is 2.27. The van der Waals surface area contributed by atoms with Gasteiger partial charge in [0.1, 0.15) is 5.69 Å². The van der Waals surface area contributed by atoms with Gasteiger partial charge in [0, 0.05) is 10.6 Å². The van der Waals surface area contributed by atoms with Gasteiger partial charge in [-0.05, 0) is 49.7 Å². The number of rotatable bonds is 5. The molecule has 2 heterocycles. The van der Waals surface area contributed by atoms with E-state index in [1.54, 1.807) is 24.4 Å². The van der Waals surface area contributed by atoms with Crippen LogP contribution in [0.5, 0.6) is 0 Å². The Labute approximate surface area is 178 Å². The van der Waals surface area contributed by atoms with Crippen molar-refractivity contribution >= 4 is 23.7 Å². The van der Waals surface area contributed by atoms with Crippen LogP contribution in [0.4, 0.5) is 0 Å². The van der Waals surface area contributed by atoms with Crippen LogP contribution in [0.15, 0.2) is 65.8 Å². The molecule has 2 aromatic heterocycles. The fourth-order valence-corrected chi connectivity index (χ4v) is 3.30. The lowest BCUT2D eigenvalue weighted by Gasteiger charge is -2.04. The third kappa shape index (κ3) is 4.01. The van der Waals surface area contributed by atoms with Crippen LogP contribution in [0.25, 0.3) is 16.9 Å². The molecule has 1 amide bonds. The van der Waals surface area contributed by atoms with Gasteiger partial charge in [0.15, 0.2) is 0 Å². The SMILES string of the molecule is Cc1nn(-c2ccccc2)c(C)c1-c1cc(C(=O)N/N=C/c2ccc(Cl)cc2)[nH]n1. The summed E-state index contributed by atoms with van der Waals surface area (Å²) in [6.07, 6.45) is 1.55. The van der Waals surface area contributed by atoms with E-state index in [2.05, 4.69) is 25.8 Å². The zero-order chi connectivity index (χ0) is 21.1. The second-order valence-corrected chi connectivity index (χ2v) is 7.15. The van der Waals surface area contributed by atoms with E-state index in [1.165, 1.54) is 0 Å². The highest BCUT2D eigenvalue weighted by molar-refractivity contribution is 6.30. The molecule has 4 rings (SSSR count). The Balaban J connectivity index is 1.52. The number of carbonyl (C=O) groups excluding carboxylic acids is 1. The summed E-state index contributed by atoms with van der Waals surface area (Å²) < 4.78 is 1.87. The lowest BCUT2D eigenvalue weighted by atomic mass is 10.1. The van der Waals surface area contributed by atoms with Crippen molar-refractivity contribution in [1.82, 2.24) is 25.4 Å². The molecule has 0 unspecified atom stereocenters. The molecule has 2 N–H and O–H groups in total. The van der Waals surface area contributed by atoms with Gasteiger partial charge in [0.05, 0.1) is 29.0 Å². The van der Waals surface area contributed by atoms with Crippen molar-refractivity contribution < 1.29 is 4.79 Å². The maximum absolute atomic E-state index is 12.4. The fourth-order valence-electron chi connectivity index (χ4n) is 3.17. The Morgan fingerprint density at radius 1 is 1.13 bits per heavy atom. The van der Waals surface area contributed by atoms with Crippen LogP contribution in [0.2, 0.25) is 5.02 Å². The van der Waals surface area contributed by atoms with Crippen molar-refractivity contribution in [1.29, 1.82) is 0 Å². The number of H-pyrrole nitrogens is 1. The number of aryl methyl sites for hydroxylation is 1. The maximum Gasteiger partial charge on any atom is 0.289 e. The molecular weight excluding hydrogens is 400 g/mol. The van der Waals surface area contributed by atoms with Crippen LogP contribution in [-0.4, -0.2) is 32.1 Å². The first-order chi connectivity index (χ1) is 14.5. The van der Waals surface area contributed by atoms with Gasteiger partial charge >= 0.3 is 0 Å². The number of aromatic amines is 1. The average Bonchev–Trinajstić information content (AvgIpc) is 3.34. The second kappa shape index (κ2) is 8.34. The van der Waals surface area contributed by atoms with Gasteiger partial charge in [0.25, 0.3) is 5.91 Å². The highest BCUT2D eigenvalue weighted by atomic mass is 35.5. The molecule has 0 aliphatic carbocycles. The highest BCUT2D eigenvalue weighted by Gasteiger charge is 2.18. The van der Waals surface area contributed by atoms with Crippen molar-refractivity contribution in [2.75, 3.05) is 0 Å². The molecule has 0 saturated carbocycles. The van der Waals surface area contributed by atoms with Gasteiger partial charge in [-0.1, -0.05) is 41.9 Å². The summed E-state index contributed by atoms with van der Waals surface area (Å²) in [5, 5.41) is 16.3. The molecule has 0 fully saturated rings. The summed E-state index contributed by atoms with van der Waals surface area (Å²) >= 11 is 5.86. The third-order valence-corrected chi connectivity index (χ3v) is 4.87. The lowest BCUT2D eigenvalue weighted by molar-refractivity contribution is 0.0950. The molecule has 2 aromatic carbocycles. The van der Waals surface area contributed by atoms with Gasteiger partial charge < -0.3 is 0 Å². The topological polar surface area (TPSA) is 88.0 Å². The summed E-state index contributed by atoms with van der Waals surface area (Å²) in [6.45, 7) is 3.90. The number of amides is 1. The number of benzene rings is 2. The minimum atomic E-state index is -0.385. The van der Waals surface area contributed by atoms with Crippen LogP contribution in [0.3, 0.4) is 0 Å². The van der Waals surface area contributed by atoms with Gasteiger partial charge in [-0.3, -0.25) is 9.89 Å². The predicted octanol–water partition coefficient (Wildman–Crippen LogP) is 4.30. The van der Waals surface area contributed by atoms with Crippen LogP contribution in [-0.2, 0) is 0 Å². The van der Waals surface area contributed by atoms with Gasteiger partial charge in [0.2, 0.25) is 0 Å². The number of nitrogens with one attached hydrogen (secondary N) is 2. The molecular formula is C22H19ClN6O. The van der Waals surface area contributed by atoms with Crippen LogP contribution >= 0.6 is 11.6 Å². The first-order valence-electron chi connectivity index (χ1n) is 9.29. The van der Waals surface area contributed by atoms with E-state index in [4.69, 9.17) is 11.6 Å². The van der Waals surface area contributed by atoms with E-state index in [9.17, 15) is 4.79 Å².